The Labute approximate surface area is 125 Å². The molecule has 5 nitrogen and oxygen atoms in total. The van der Waals surface area contributed by atoms with Gasteiger partial charge in [-0.15, -0.1) is 0 Å². The van der Waals surface area contributed by atoms with Crippen molar-refractivity contribution in [2.75, 3.05) is 5.32 Å². The van der Waals surface area contributed by atoms with Gasteiger partial charge in [-0.05, 0) is 24.3 Å². The summed E-state index contributed by atoms with van der Waals surface area (Å²) in [5.41, 5.74) is 0.312. The lowest BCUT2D eigenvalue weighted by Gasteiger charge is -2.19. The molecule has 0 saturated carbocycles. The Morgan fingerprint density at radius 2 is 1.52 bits per heavy atom. The van der Waals surface area contributed by atoms with Crippen molar-refractivity contribution >= 4 is 29.0 Å². The summed E-state index contributed by atoms with van der Waals surface area (Å²) in [6, 6.07) is 13.5. The van der Waals surface area contributed by atoms with E-state index in [0.29, 0.717) is 5.02 Å². The number of hydrogen-bond donors (Lipinski definition) is 3. The zero-order valence-electron chi connectivity index (χ0n) is 10.8. The van der Waals surface area contributed by atoms with Gasteiger partial charge in [-0.2, -0.15) is 0 Å². The number of carbonyl (C=O) groups excluding carboxylic acids is 2. The summed E-state index contributed by atoms with van der Waals surface area (Å²) in [5.74, 6) is -5.49. The summed E-state index contributed by atoms with van der Waals surface area (Å²) in [6.45, 7) is 0. The molecule has 0 unspecified atom stereocenters. The predicted octanol–water partition coefficient (Wildman–Crippen LogP) is 1.84. The van der Waals surface area contributed by atoms with Gasteiger partial charge in [-0.1, -0.05) is 41.9 Å². The average molecular weight is 306 g/mol. The topological polar surface area (TPSA) is 86.6 Å². The number of nitrogens with one attached hydrogen (secondary N) is 1. The van der Waals surface area contributed by atoms with Crippen LogP contribution >= 0.6 is 11.6 Å². The van der Waals surface area contributed by atoms with Crippen molar-refractivity contribution in [2.45, 2.75) is 5.79 Å². The molecule has 2 aromatic carbocycles. The molecule has 0 aromatic heterocycles. The van der Waals surface area contributed by atoms with Crippen molar-refractivity contribution in [3.63, 3.8) is 0 Å². The maximum absolute atomic E-state index is 12.0. The molecule has 3 N–H and O–H groups in total. The minimum atomic E-state index is -3.15. The summed E-state index contributed by atoms with van der Waals surface area (Å²) in [6.07, 6.45) is 0. The predicted molar refractivity (Wildman–Crippen MR) is 78.0 cm³/mol. The van der Waals surface area contributed by atoms with Crippen LogP contribution in [0.15, 0.2) is 54.6 Å². The van der Waals surface area contributed by atoms with Crippen LogP contribution in [0.4, 0.5) is 5.69 Å². The number of Topliss-reactive ketones (excluding diaryl/α,β-unsaturated/α-hetero) is 1. The first kappa shape index (κ1) is 15.2. The fraction of sp³-hybridized carbons (Fsp3) is 0.0667. The van der Waals surface area contributed by atoms with Crippen molar-refractivity contribution in [1.82, 2.24) is 0 Å². The molecule has 2 rings (SSSR count). The highest BCUT2D eigenvalue weighted by Gasteiger charge is 2.42. The number of carbonyl (C=O) groups is 2. The highest BCUT2D eigenvalue weighted by molar-refractivity contribution is 6.30. The van der Waals surface area contributed by atoms with E-state index in [1.807, 2.05) is 0 Å². The van der Waals surface area contributed by atoms with Gasteiger partial charge < -0.3 is 15.5 Å². The van der Waals surface area contributed by atoms with E-state index in [2.05, 4.69) is 5.32 Å². The third kappa shape index (κ3) is 3.46. The highest BCUT2D eigenvalue weighted by Crippen LogP contribution is 2.17. The maximum Gasteiger partial charge on any atom is 0.311 e. The first-order valence-corrected chi connectivity index (χ1v) is 6.40. The van der Waals surface area contributed by atoms with Crippen molar-refractivity contribution in [3.05, 3.63) is 65.2 Å². The Bertz CT molecular complexity index is 653. The lowest BCUT2D eigenvalue weighted by atomic mass is 10.0. The van der Waals surface area contributed by atoms with Gasteiger partial charge in [0.25, 0.3) is 5.91 Å². The van der Waals surface area contributed by atoms with Crippen LogP contribution in [0, 0.1) is 0 Å². The molecule has 108 valence electrons. The molecule has 0 aliphatic rings. The SMILES string of the molecule is O=C(Nc1ccc(Cl)cc1)C(O)(O)C(=O)c1ccccc1. The van der Waals surface area contributed by atoms with E-state index in [0.717, 1.165) is 0 Å². The van der Waals surface area contributed by atoms with Gasteiger partial charge in [-0.3, -0.25) is 9.59 Å². The van der Waals surface area contributed by atoms with E-state index in [-0.39, 0.29) is 11.3 Å². The molecule has 21 heavy (non-hydrogen) atoms. The Balaban J connectivity index is 2.17. The number of hydrogen-bond acceptors (Lipinski definition) is 4. The highest BCUT2D eigenvalue weighted by atomic mass is 35.5. The molecule has 1 amide bonds. The average Bonchev–Trinajstić information content (AvgIpc) is 2.49. The smallest absolute Gasteiger partial charge is 0.311 e. The third-order valence-electron chi connectivity index (χ3n) is 2.77. The number of anilines is 1. The molecule has 0 aliphatic carbocycles. The number of halogens is 1. The minimum absolute atomic E-state index is 0.0220. The van der Waals surface area contributed by atoms with Crippen LogP contribution in [0.5, 0.6) is 0 Å². The van der Waals surface area contributed by atoms with Crippen molar-refractivity contribution < 1.29 is 19.8 Å². The van der Waals surface area contributed by atoms with E-state index < -0.39 is 17.5 Å². The van der Waals surface area contributed by atoms with Gasteiger partial charge in [0.1, 0.15) is 0 Å². The molecule has 0 bridgehead atoms. The number of rotatable bonds is 4. The second-order valence-electron chi connectivity index (χ2n) is 4.33. The number of aliphatic hydroxyl groups is 2. The monoisotopic (exact) mass is 305 g/mol. The van der Waals surface area contributed by atoms with Gasteiger partial charge in [0.2, 0.25) is 5.78 Å². The molecule has 0 atom stereocenters. The van der Waals surface area contributed by atoms with Crippen LogP contribution in [-0.2, 0) is 4.79 Å². The molecule has 0 fully saturated rings. The van der Waals surface area contributed by atoms with E-state index in [9.17, 15) is 19.8 Å². The molecule has 0 aliphatic heterocycles. The quantitative estimate of drug-likeness (QED) is 0.457. The van der Waals surface area contributed by atoms with Gasteiger partial charge in [0, 0.05) is 16.3 Å². The fourth-order valence-electron chi connectivity index (χ4n) is 1.65. The van der Waals surface area contributed by atoms with Crippen molar-refractivity contribution in [2.24, 2.45) is 0 Å². The first-order valence-electron chi connectivity index (χ1n) is 6.03. The van der Waals surface area contributed by atoms with Crippen molar-refractivity contribution in [1.29, 1.82) is 0 Å². The summed E-state index contributed by atoms with van der Waals surface area (Å²) < 4.78 is 0. The van der Waals surface area contributed by atoms with Crippen LogP contribution in [0.2, 0.25) is 5.02 Å². The lowest BCUT2D eigenvalue weighted by Crippen LogP contribution is -2.49. The van der Waals surface area contributed by atoms with Gasteiger partial charge in [0.15, 0.2) is 0 Å². The summed E-state index contributed by atoms with van der Waals surface area (Å²) >= 11 is 5.70. The summed E-state index contributed by atoms with van der Waals surface area (Å²) in [4.78, 5) is 23.8. The zero-order valence-corrected chi connectivity index (χ0v) is 11.5. The van der Waals surface area contributed by atoms with Gasteiger partial charge >= 0.3 is 5.79 Å². The molecule has 0 saturated heterocycles. The molecular weight excluding hydrogens is 294 g/mol. The van der Waals surface area contributed by atoms with Crippen LogP contribution in [0.3, 0.4) is 0 Å². The maximum atomic E-state index is 12.0. The largest absolute Gasteiger partial charge is 0.352 e. The second-order valence-corrected chi connectivity index (χ2v) is 4.76. The fourth-order valence-corrected chi connectivity index (χ4v) is 1.77. The molecular formula is C15H12ClNO4. The Morgan fingerprint density at radius 3 is 2.10 bits per heavy atom. The van der Waals surface area contributed by atoms with Crippen LogP contribution < -0.4 is 5.32 Å². The van der Waals surface area contributed by atoms with Gasteiger partial charge in [0.05, 0.1) is 0 Å². The second kappa shape index (κ2) is 6.05. The van der Waals surface area contributed by atoms with Crippen LogP contribution in [0.1, 0.15) is 10.4 Å². The molecule has 0 spiro atoms. The van der Waals surface area contributed by atoms with E-state index >= 15 is 0 Å². The Kier molecular flexibility index (Phi) is 4.37. The van der Waals surface area contributed by atoms with Crippen LogP contribution in [0.25, 0.3) is 0 Å². The third-order valence-corrected chi connectivity index (χ3v) is 3.02. The molecule has 2 aromatic rings. The normalized spacial score (nSPS) is 11.0. The van der Waals surface area contributed by atoms with Crippen LogP contribution in [-0.4, -0.2) is 27.7 Å². The summed E-state index contributed by atoms with van der Waals surface area (Å²) in [7, 11) is 0. The first-order chi connectivity index (χ1) is 9.91. The van der Waals surface area contributed by atoms with E-state index in [1.54, 1.807) is 18.2 Å². The van der Waals surface area contributed by atoms with E-state index in [4.69, 9.17) is 11.6 Å². The minimum Gasteiger partial charge on any atom is -0.352 e. The molecule has 6 heteroatoms. The Morgan fingerprint density at radius 1 is 0.952 bits per heavy atom. The molecule has 0 heterocycles. The molecule has 0 radical (unpaired) electrons. The standard InChI is InChI=1S/C15H12ClNO4/c16-11-6-8-12(9-7-11)17-14(19)15(20,21)13(18)10-4-2-1-3-5-10/h1-9,20-21H,(H,17,19). The van der Waals surface area contributed by atoms with Crippen molar-refractivity contribution in [3.8, 4) is 0 Å². The number of ketones is 1. The lowest BCUT2D eigenvalue weighted by molar-refractivity contribution is -0.161. The van der Waals surface area contributed by atoms with Gasteiger partial charge in [-0.25, -0.2) is 0 Å². The zero-order chi connectivity index (χ0) is 15.5. The number of amides is 1. The summed E-state index contributed by atoms with van der Waals surface area (Å²) in [5, 5.41) is 22.3. The van der Waals surface area contributed by atoms with E-state index in [1.165, 1.54) is 36.4 Å². The number of benzene rings is 2. The Hall–Kier alpha value is -2.21.